The molecule has 0 aliphatic carbocycles. The van der Waals surface area contributed by atoms with Crippen molar-refractivity contribution in [3.05, 3.63) is 54.0 Å². The summed E-state index contributed by atoms with van der Waals surface area (Å²) < 4.78 is 16.5. The standard InChI is InChI=1S/C23H31N3O5S/c1-32-16-8-19(25-23(28)21-7-4-12-30-21)22(27)24-17-18-5-2-3-6-20(18)31-15-11-26-9-13-29-14-10-26/h2-7,12,19H,8-11,13-17H2,1H3,(H,24,27)(H,25,28)/t19-/m1/s1. The lowest BCUT2D eigenvalue weighted by atomic mass is 10.1. The van der Waals surface area contributed by atoms with Gasteiger partial charge in [0.2, 0.25) is 5.91 Å². The quantitative estimate of drug-likeness (QED) is 0.500. The molecule has 0 spiro atoms. The minimum atomic E-state index is -0.644. The third kappa shape index (κ3) is 7.58. The SMILES string of the molecule is CSCC[C@@H](NC(=O)c1ccco1)C(=O)NCc1ccccc1OCCN1CCOCC1. The Bertz CT molecular complexity index is 840. The van der Waals surface area contributed by atoms with Crippen LogP contribution in [0.25, 0.3) is 0 Å². The highest BCUT2D eigenvalue weighted by molar-refractivity contribution is 7.98. The van der Waals surface area contributed by atoms with Crippen LogP contribution >= 0.6 is 11.8 Å². The fourth-order valence-corrected chi connectivity index (χ4v) is 3.82. The number of ether oxygens (including phenoxy) is 2. The maximum Gasteiger partial charge on any atom is 0.287 e. The first kappa shape index (κ1) is 24.2. The van der Waals surface area contributed by atoms with E-state index in [9.17, 15) is 9.59 Å². The molecule has 0 bridgehead atoms. The van der Waals surface area contributed by atoms with Crippen molar-refractivity contribution in [2.45, 2.75) is 19.0 Å². The molecule has 1 atom stereocenters. The van der Waals surface area contributed by atoms with E-state index in [4.69, 9.17) is 13.9 Å². The molecule has 2 N–H and O–H groups in total. The Labute approximate surface area is 193 Å². The van der Waals surface area contributed by atoms with Crippen molar-refractivity contribution in [3.63, 3.8) is 0 Å². The third-order valence-corrected chi connectivity index (χ3v) is 5.82. The number of hydrogen-bond donors (Lipinski definition) is 2. The van der Waals surface area contributed by atoms with Crippen molar-refractivity contribution in [2.24, 2.45) is 0 Å². The Kier molecular flexibility index (Phi) is 9.93. The number of carbonyl (C=O) groups is 2. The van der Waals surface area contributed by atoms with E-state index < -0.39 is 11.9 Å². The molecule has 1 aromatic carbocycles. The minimum Gasteiger partial charge on any atom is -0.492 e. The predicted octanol–water partition coefficient (Wildman–Crippen LogP) is 2.16. The van der Waals surface area contributed by atoms with Crippen LogP contribution < -0.4 is 15.4 Å². The fourth-order valence-electron chi connectivity index (χ4n) is 3.35. The molecule has 9 heteroatoms. The number of para-hydroxylation sites is 1. The van der Waals surface area contributed by atoms with E-state index in [1.54, 1.807) is 23.9 Å². The molecule has 3 rings (SSSR count). The first-order valence-electron chi connectivity index (χ1n) is 10.8. The molecule has 2 heterocycles. The van der Waals surface area contributed by atoms with Crippen LogP contribution in [0.5, 0.6) is 5.75 Å². The largest absolute Gasteiger partial charge is 0.492 e. The van der Waals surface area contributed by atoms with E-state index >= 15 is 0 Å². The van der Waals surface area contributed by atoms with Crippen LogP contribution in [-0.2, 0) is 16.1 Å². The van der Waals surface area contributed by atoms with E-state index in [1.807, 2.05) is 30.5 Å². The van der Waals surface area contributed by atoms with Crippen LogP contribution in [0.2, 0.25) is 0 Å². The first-order valence-corrected chi connectivity index (χ1v) is 12.2. The van der Waals surface area contributed by atoms with Crippen molar-refractivity contribution >= 4 is 23.6 Å². The summed E-state index contributed by atoms with van der Waals surface area (Å²) in [5.74, 6) is 1.05. The average Bonchev–Trinajstić information content (AvgIpc) is 3.37. The van der Waals surface area contributed by atoms with Gasteiger partial charge >= 0.3 is 0 Å². The third-order valence-electron chi connectivity index (χ3n) is 5.17. The molecule has 0 radical (unpaired) electrons. The molecule has 1 fully saturated rings. The van der Waals surface area contributed by atoms with Gasteiger partial charge in [0.15, 0.2) is 5.76 Å². The second kappa shape index (κ2) is 13.1. The summed E-state index contributed by atoms with van der Waals surface area (Å²) in [5, 5.41) is 5.71. The van der Waals surface area contributed by atoms with Crippen molar-refractivity contribution < 1.29 is 23.5 Å². The lowest BCUT2D eigenvalue weighted by Crippen LogP contribution is -2.46. The summed E-state index contributed by atoms with van der Waals surface area (Å²) in [5.41, 5.74) is 0.892. The normalized spacial score (nSPS) is 15.2. The van der Waals surface area contributed by atoms with Gasteiger partial charge in [0.25, 0.3) is 5.91 Å². The van der Waals surface area contributed by atoms with E-state index in [0.717, 1.165) is 49.9 Å². The van der Waals surface area contributed by atoms with Crippen molar-refractivity contribution in [2.75, 3.05) is 51.5 Å². The molecule has 1 aliphatic rings. The van der Waals surface area contributed by atoms with E-state index in [-0.39, 0.29) is 11.7 Å². The summed E-state index contributed by atoms with van der Waals surface area (Å²) in [6.07, 6.45) is 3.92. The molecule has 8 nitrogen and oxygen atoms in total. The Balaban J connectivity index is 1.52. The van der Waals surface area contributed by atoms with E-state index in [2.05, 4.69) is 15.5 Å². The van der Waals surface area contributed by atoms with Crippen LogP contribution in [0.1, 0.15) is 22.5 Å². The van der Waals surface area contributed by atoms with Crippen molar-refractivity contribution in [1.29, 1.82) is 0 Å². The number of rotatable bonds is 12. The maximum absolute atomic E-state index is 12.8. The van der Waals surface area contributed by atoms with Gasteiger partial charge in [0.1, 0.15) is 18.4 Å². The molecule has 0 saturated carbocycles. The zero-order chi connectivity index (χ0) is 22.6. The highest BCUT2D eigenvalue weighted by Gasteiger charge is 2.22. The lowest BCUT2D eigenvalue weighted by molar-refractivity contribution is -0.123. The van der Waals surface area contributed by atoms with Gasteiger partial charge < -0.3 is 24.5 Å². The van der Waals surface area contributed by atoms with Gasteiger partial charge in [-0.2, -0.15) is 11.8 Å². The number of morpholine rings is 1. The predicted molar refractivity (Wildman–Crippen MR) is 124 cm³/mol. The van der Waals surface area contributed by atoms with E-state index in [0.29, 0.717) is 19.6 Å². The second-order valence-corrected chi connectivity index (χ2v) is 8.40. The summed E-state index contributed by atoms with van der Waals surface area (Å²) in [6.45, 7) is 5.08. The van der Waals surface area contributed by atoms with Crippen LogP contribution in [0.3, 0.4) is 0 Å². The number of amides is 2. The molecule has 1 aromatic heterocycles. The monoisotopic (exact) mass is 461 g/mol. The number of hydrogen-bond acceptors (Lipinski definition) is 7. The van der Waals surface area contributed by atoms with Gasteiger partial charge in [-0.05, 0) is 36.6 Å². The van der Waals surface area contributed by atoms with Crippen molar-refractivity contribution in [3.8, 4) is 5.75 Å². The number of benzene rings is 1. The van der Waals surface area contributed by atoms with Gasteiger partial charge in [0, 0.05) is 31.7 Å². The Morgan fingerprint density at radius 1 is 1.19 bits per heavy atom. The molecule has 32 heavy (non-hydrogen) atoms. The number of nitrogens with one attached hydrogen (secondary N) is 2. The zero-order valence-corrected chi connectivity index (χ0v) is 19.2. The zero-order valence-electron chi connectivity index (χ0n) is 18.4. The van der Waals surface area contributed by atoms with Gasteiger partial charge in [-0.25, -0.2) is 0 Å². The van der Waals surface area contributed by atoms with Crippen molar-refractivity contribution in [1.82, 2.24) is 15.5 Å². The summed E-state index contributed by atoms with van der Waals surface area (Å²) in [6, 6.07) is 10.2. The summed E-state index contributed by atoms with van der Waals surface area (Å²) in [7, 11) is 0. The number of thioether (sulfide) groups is 1. The fraction of sp³-hybridized carbons (Fsp3) is 0.478. The number of nitrogens with zero attached hydrogens (tertiary/aromatic N) is 1. The molecule has 1 saturated heterocycles. The molecule has 174 valence electrons. The topological polar surface area (TPSA) is 93.0 Å². The van der Waals surface area contributed by atoms with Crippen LogP contribution in [0, 0.1) is 0 Å². The Hall–Kier alpha value is -2.49. The minimum absolute atomic E-state index is 0.186. The molecular weight excluding hydrogens is 430 g/mol. The van der Waals surface area contributed by atoms with E-state index in [1.165, 1.54) is 6.26 Å². The highest BCUT2D eigenvalue weighted by Crippen LogP contribution is 2.18. The summed E-state index contributed by atoms with van der Waals surface area (Å²) in [4.78, 5) is 27.5. The first-order chi connectivity index (χ1) is 15.7. The van der Waals surface area contributed by atoms with Gasteiger partial charge in [-0.1, -0.05) is 18.2 Å². The average molecular weight is 462 g/mol. The van der Waals surface area contributed by atoms with Crippen LogP contribution in [0.4, 0.5) is 0 Å². The Morgan fingerprint density at radius 3 is 2.75 bits per heavy atom. The van der Waals surface area contributed by atoms with Gasteiger partial charge in [-0.15, -0.1) is 0 Å². The smallest absolute Gasteiger partial charge is 0.287 e. The molecule has 2 aromatic rings. The molecule has 0 unspecified atom stereocenters. The lowest BCUT2D eigenvalue weighted by Gasteiger charge is -2.26. The number of furan rings is 1. The Morgan fingerprint density at radius 2 is 2.00 bits per heavy atom. The van der Waals surface area contributed by atoms with Crippen LogP contribution in [0.15, 0.2) is 47.1 Å². The van der Waals surface area contributed by atoms with Gasteiger partial charge in [0.05, 0.1) is 19.5 Å². The molecule has 1 aliphatic heterocycles. The molecule has 2 amide bonds. The maximum atomic E-state index is 12.8. The second-order valence-electron chi connectivity index (χ2n) is 7.41. The van der Waals surface area contributed by atoms with Gasteiger partial charge in [-0.3, -0.25) is 14.5 Å². The highest BCUT2D eigenvalue weighted by atomic mass is 32.2. The summed E-state index contributed by atoms with van der Waals surface area (Å²) >= 11 is 1.62. The van der Waals surface area contributed by atoms with Crippen LogP contribution in [-0.4, -0.2) is 74.2 Å². The molecular formula is C23H31N3O5S. The number of carbonyl (C=O) groups excluding carboxylic acids is 2.